The van der Waals surface area contributed by atoms with Crippen molar-refractivity contribution in [2.45, 2.75) is 17.9 Å². The van der Waals surface area contributed by atoms with Crippen LogP contribution in [0.5, 0.6) is 0 Å². The van der Waals surface area contributed by atoms with Crippen LogP contribution >= 0.6 is 0 Å². The second-order valence-corrected chi connectivity index (χ2v) is 7.14. The smallest absolute Gasteiger partial charge is 0.243 e. The van der Waals surface area contributed by atoms with Gasteiger partial charge < -0.3 is 5.11 Å². The van der Waals surface area contributed by atoms with E-state index in [1.165, 1.54) is 19.2 Å². The molecule has 1 atom stereocenters. The quantitative estimate of drug-likeness (QED) is 0.920. The van der Waals surface area contributed by atoms with Crippen molar-refractivity contribution in [1.29, 1.82) is 0 Å². The molecule has 118 valence electrons. The zero-order chi connectivity index (χ0) is 16.3. The molecule has 1 N–H and O–H groups in total. The van der Waals surface area contributed by atoms with Gasteiger partial charge in [-0.25, -0.2) is 12.8 Å². The van der Waals surface area contributed by atoms with Gasteiger partial charge in [0.25, 0.3) is 0 Å². The van der Waals surface area contributed by atoms with Crippen molar-refractivity contribution in [2.75, 3.05) is 13.6 Å². The van der Waals surface area contributed by atoms with Gasteiger partial charge in [-0.05, 0) is 30.2 Å². The van der Waals surface area contributed by atoms with E-state index in [2.05, 4.69) is 0 Å². The summed E-state index contributed by atoms with van der Waals surface area (Å²) in [5.74, 6) is -0.610. The third kappa shape index (κ3) is 3.52. The van der Waals surface area contributed by atoms with E-state index in [0.29, 0.717) is 11.1 Å². The molecule has 0 saturated heterocycles. The Morgan fingerprint density at radius 2 is 1.82 bits per heavy atom. The molecule has 1 unspecified atom stereocenters. The molecule has 22 heavy (non-hydrogen) atoms. The van der Waals surface area contributed by atoms with Crippen molar-refractivity contribution in [3.05, 3.63) is 65.5 Å². The zero-order valence-corrected chi connectivity index (χ0v) is 13.2. The molecular weight excluding hydrogens is 305 g/mol. The van der Waals surface area contributed by atoms with Gasteiger partial charge in [0.1, 0.15) is 5.82 Å². The number of halogens is 1. The van der Waals surface area contributed by atoms with Crippen molar-refractivity contribution >= 4 is 10.0 Å². The number of hydrogen-bond acceptors (Lipinski definition) is 3. The van der Waals surface area contributed by atoms with Crippen molar-refractivity contribution in [2.24, 2.45) is 0 Å². The minimum atomic E-state index is -3.86. The average molecular weight is 323 g/mol. The highest BCUT2D eigenvalue weighted by atomic mass is 32.2. The number of rotatable bonds is 5. The molecule has 2 rings (SSSR count). The predicted molar refractivity (Wildman–Crippen MR) is 82.4 cm³/mol. The van der Waals surface area contributed by atoms with Gasteiger partial charge in [-0.1, -0.05) is 36.4 Å². The van der Waals surface area contributed by atoms with Crippen LogP contribution in [0.3, 0.4) is 0 Å². The molecule has 2 aromatic carbocycles. The van der Waals surface area contributed by atoms with E-state index >= 15 is 0 Å². The molecule has 2 aromatic rings. The largest absolute Gasteiger partial charge is 0.387 e. The first-order chi connectivity index (χ1) is 10.3. The number of hydrogen-bond donors (Lipinski definition) is 1. The molecule has 0 aromatic heterocycles. The predicted octanol–water partition coefficient (Wildman–Crippen LogP) is 2.49. The molecule has 0 bridgehead atoms. The van der Waals surface area contributed by atoms with Crippen LogP contribution in [-0.4, -0.2) is 31.4 Å². The minimum absolute atomic E-state index is 0.0877. The third-order valence-electron chi connectivity index (χ3n) is 3.45. The molecule has 0 spiro atoms. The molecule has 0 radical (unpaired) electrons. The Morgan fingerprint density at radius 3 is 2.45 bits per heavy atom. The molecule has 0 aliphatic carbocycles. The lowest BCUT2D eigenvalue weighted by Gasteiger charge is -2.21. The van der Waals surface area contributed by atoms with E-state index in [-0.39, 0.29) is 11.4 Å². The van der Waals surface area contributed by atoms with Gasteiger partial charge in [-0.15, -0.1) is 0 Å². The molecule has 0 aliphatic heterocycles. The number of benzene rings is 2. The monoisotopic (exact) mass is 323 g/mol. The lowest BCUT2D eigenvalue weighted by Crippen LogP contribution is -2.31. The van der Waals surface area contributed by atoms with Gasteiger partial charge in [0.2, 0.25) is 10.0 Å². The van der Waals surface area contributed by atoms with E-state index in [1.54, 1.807) is 31.2 Å². The summed E-state index contributed by atoms with van der Waals surface area (Å²) in [4.78, 5) is -0.0877. The van der Waals surface area contributed by atoms with Gasteiger partial charge >= 0.3 is 0 Å². The fraction of sp³-hybridized carbons (Fsp3) is 0.250. The maximum Gasteiger partial charge on any atom is 0.243 e. The Bertz CT molecular complexity index is 747. The fourth-order valence-corrected chi connectivity index (χ4v) is 3.55. The molecule has 0 saturated carbocycles. The molecule has 0 fully saturated rings. The number of aliphatic hydroxyl groups is 1. The summed E-state index contributed by atoms with van der Waals surface area (Å²) in [6, 6.07) is 12.4. The van der Waals surface area contributed by atoms with E-state index in [0.717, 1.165) is 10.4 Å². The van der Waals surface area contributed by atoms with Crippen LogP contribution in [0.2, 0.25) is 0 Å². The highest BCUT2D eigenvalue weighted by molar-refractivity contribution is 7.89. The lowest BCUT2D eigenvalue weighted by atomic mass is 10.1. The Morgan fingerprint density at radius 1 is 1.18 bits per heavy atom. The summed E-state index contributed by atoms with van der Waals surface area (Å²) in [6.07, 6.45) is -0.949. The fourth-order valence-electron chi connectivity index (χ4n) is 2.14. The number of sulfonamides is 1. The van der Waals surface area contributed by atoms with E-state index in [9.17, 15) is 17.9 Å². The van der Waals surface area contributed by atoms with Crippen LogP contribution in [0.15, 0.2) is 53.4 Å². The van der Waals surface area contributed by atoms with Gasteiger partial charge in [-0.2, -0.15) is 4.31 Å². The Labute approximate surface area is 129 Å². The van der Waals surface area contributed by atoms with Gasteiger partial charge in [-0.3, -0.25) is 0 Å². The maximum absolute atomic E-state index is 13.3. The van der Waals surface area contributed by atoms with Crippen LogP contribution < -0.4 is 0 Å². The molecule has 0 aliphatic rings. The van der Waals surface area contributed by atoms with Gasteiger partial charge in [0, 0.05) is 13.6 Å². The zero-order valence-electron chi connectivity index (χ0n) is 12.4. The van der Waals surface area contributed by atoms with Crippen LogP contribution in [0.25, 0.3) is 0 Å². The molecule has 4 nitrogen and oxygen atoms in total. The molecule has 0 amide bonds. The second kappa shape index (κ2) is 6.56. The van der Waals surface area contributed by atoms with E-state index in [4.69, 9.17) is 0 Å². The lowest BCUT2D eigenvalue weighted by molar-refractivity contribution is 0.155. The summed E-state index contributed by atoms with van der Waals surface area (Å²) >= 11 is 0. The molecule has 6 heteroatoms. The summed E-state index contributed by atoms with van der Waals surface area (Å²) in [7, 11) is -2.49. The standard InChI is InChI=1S/C16H18FNO3S/c1-12-8-9-14(17)10-16(12)22(20,21)18(2)11-15(19)13-6-4-3-5-7-13/h3-10,15,19H,11H2,1-2H3. The topological polar surface area (TPSA) is 57.6 Å². The van der Waals surface area contributed by atoms with Gasteiger partial charge in [0.05, 0.1) is 11.0 Å². The van der Waals surface area contributed by atoms with E-state index in [1.807, 2.05) is 6.07 Å². The molecular formula is C16H18FNO3S. The van der Waals surface area contributed by atoms with E-state index < -0.39 is 21.9 Å². The number of nitrogens with zero attached hydrogens (tertiary/aromatic N) is 1. The average Bonchev–Trinajstić information content (AvgIpc) is 2.50. The van der Waals surface area contributed by atoms with Crippen molar-refractivity contribution < 1.29 is 17.9 Å². The van der Waals surface area contributed by atoms with Crippen LogP contribution in [-0.2, 0) is 10.0 Å². The summed E-state index contributed by atoms with van der Waals surface area (Å²) in [6.45, 7) is 1.50. The Kier molecular flexibility index (Phi) is 4.95. The first kappa shape index (κ1) is 16.6. The van der Waals surface area contributed by atoms with Crippen molar-refractivity contribution in [3.63, 3.8) is 0 Å². The van der Waals surface area contributed by atoms with Gasteiger partial charge in [0.15, 0.2) is 0 Å². The first-order valence-corrected chi connectivity index (χ1v) is 8.22. The maximum atomic E-state index is 13.3. The normalized spacial score (nSPS) is 13.3. The second-order valence-electron chi connectivity index (χ2n) is 5.12. The van der Waals surface area contributed by atoms with Crippen molar-refractivity contribution in [3.8, 4) is 0 Å². The Balaban J connectivity index is 2.24. The summed E-state index contributed by atoms with van der Waals surface area (Å²) in [5.41, 5.74) is 1.09. The number of aliphatic hydroxyl groups excluding tert-OH is 1. The minimum Gasteiger partial charge on any atom is -0.387 e. The highest BCUT2D eigenvalue weighted by Gasteiger charge is 2.25. The first-order valence-electron chi connectivity index (χ1n) is 6.78. The SMILES string of the molecule is Cc1ccc(F)cc1S(=O)(=O)N(C)CC(O)c1ccccc1. The molecule has 0 heterocycles. The van der Waals surface area contributed by atoms with Crippen LogP contribution in [0, 0.1) is 12.7 Å². The van der Waals surface area contributed by atoms with Crippen LogP contribution in [0.4, 0.5) is 4.39 Å². The summed E-state index contributed by atoms with van der Waals surface area (Å²) < 4.78 is 39.4. The highest BCUT2D eigenvalue weighted by Crippen LogP contribution is 2.22. The summed E-state index contributed by atoms with van der Waals surface area (Å²) in [5, 5.41) is 10.1. The van der Waals surface area contributed by atoms with Crippen molar-refractivity contribution in [1.82, 2.24) is 4.31 Å². The Hall–Kier alpha value is -1.76. The third-order valence-corrected chi connectivity index (χ3v) is 5.42. The van der Waals surface area contributed by atoms with Crippen LogP contribution in [0.1, 0.15) is 17.2 Å². The number of likely N-dealkylation sites (N-methyl/N-ethyl adjacent to an activating group) is 1. The number of aryl methyl sites for hydroxylation is 1.